The SMILES string of the molecule is COc1cc2c(cc1OC)Oc1ccc(F)cc1CN(Cc1cc(=O)[nH]c(=O)[nH]1)C2. The Morgan fingerprint density at radius 3 is 2.37 bits per heavy atom. The van der Waals surface area contributed by atoms with Gasteiger partial charge in [0.2, 0.25) is 0 Å². The zero-order valence-corrected chi connectivity index (χ0v) is 16.5. The first kappa shape index (κ1) is 19.7. The molecule has 0 saturated heterocycles. The first-order valence-electron chi connectivity index (χ1n) is 9.21. The second-order valence-electron chi connectivity index (χ2n) is 6.93. The van der Waals surface area contributed by atoms with Crippen molar-refractivity contribution in [3.05, 3.63) is 79.9 Å². The van der Waals surface area contributed by atoms with Crippen LogP contribution < -0.4 is 25.5 Å². The van der Waals surface area contributed by atoms with Gasteiger partial charge in [0.25, 0.3) is 5.56 Å². The molecule has 4 rings (SSSR count). The highest BCUT2D eigenvalue weighted by Crippen LogP contribution is 2.40. The summed E-state index contributed by atoms with van der Waals surface area (Å²) in [5, 5.41) is 0. The van der Waals surface area contributed by atoms with Gasteiger partial charge in [0.15, 0.2) is 11.5 Å². The van der Waals surface area contributed by atoms with Crippen LogP contribution in [0, 0.1) is 5.82 Å². The number of ether oxygens (including phenoxy) is 3. The van der Waals surface area contributed by atoms with Gasteiger partial charge in [-0.3, -0.25) is 14.7 Å². The van der Waals surface area contributed by atoms with Gasteiger partial charge in [-0.15, -0.1) is 0 Å². The van der Waals surface area contributed by atoms with Gasteiger partial charge in [-0.1, -0.05) is 0 Å². The topological polar surface area (TPSA) is 96.7 Å². The van der Waals surface area contributed by atoms with E-state index < -0.39 is 11.2 Å². The number of nitrogens with one attached hydrogen (secondary N) is 2. The van der Waals surface area contributed by atoms with Gasteiger partial charge in [0.05, 0.1) is 14.2 Å². The number of hydrogen-bond acceptors (Lipinski definition) is 6. The van der Waals surface area contributed by atoms with E-state index in [0.29, 0.717) is 47.3 Å². The van der Waals surface area contributed by atoms with Crippen LogP contribution in [0.5, 0.6) is 23.0 Å². The molecular formula is C21H20FN3O5. The number of fused-ring (bicyclic) bond motifs is 2. The number of methoxy groups -OCH3 is 2. The molecule has 30 heavy (non-hydrogen) atoms. The van der Waals surface area contributed by atoms with E-state index in [-0.39, 0.29) is 12.4 Å². The van der Waals surface area contributed by atoms with Crippen LogP contribution in [0.3, 0.4) is 0 Å². The molecule has 0 aliphatic carbocycles. The molecule has 1 aromatic heterocycles. The smallest absolute Gasteiger partial charge is 0.325 e. The third-order valence-electron chi connectivity index (χ3n) is 4.81. The minimum absolute atomic E-state index is 0.267. The number of halogens is 1. The van der Waals surface area contributed by atoms with Crippen molar-refractivity contribution in [1.29, 1.82) is 0 Å². The monoisotopic (exact) mass is 413 g/mol. The van der Waals surface area contributed by atoms with Crippen LogP contribution in [0.1, 0.15) is 16.8 Å². The fraction of sp³-hybridized carbons (Fsp3) is 0.238. The maximum Gasteiger partial charge on any atom is 0.325 e. The van der Waals surface area contributed by atoms with Crippen LogP contribution in [0.2, 0.25) is 0 Å². The van der Waals surface area contributed by atoms with Gasteiger partial charge >= 0.3 is 5.69 Å². The van der Waals surface area contributed by atoms with Crippen LogP contribution in [0.15, 0.2) is 46.0 Å². The Balaban J connectivity index is 1.79. The molecule has 8 nitrogen and oxygen atoms in total. The number of aromatic nitrogens is 2. The third kappa shape index (κ3) is 4.06. The molecular weight excluding hydrogens is 393 g/mol. The van der Waals surface area contributed by atoms with Crippen molar-refractivity contribution in [3.8, 4) is 23.0 Å². The fourth-order valence-corrected chi connectivity index (χ4v) is 3.51. The molecule has 0 atom stereocenters. The zero-order valence-electron chi connectivity index (χ0n) is 16.5. The van der Waals surface area contributed by atoms with Crippen molar-refractivity contribution >= 4 is 0 Å². The van der Waals surface area contributed by atoms with Crippen molar-refractivity contribution in [2.45, 2.75) is 19.6 Å². The summed E-state index contributed by atoms with van der Waals surface area (Å²) in [4.78, 5) is 30.1. The highest BCUT2D eigenvalue weighted by molar-refractivity contribution is 5.53. The van der Waals surface area contributed by atoms with Gasteiger partial charge in [0, 0.05) is 48.6 Å². The quantitative estimate of drug-likeness (QED) is 0.682. The number of H-pyrrole nitrogens is 2. The number of benzene rings is 2. The Morgan fingerprint density at radius 1 is 0.967 bits per heavy atom. The maximum absolute atomic E-state index is 13.9. The molecule has 2 N–H and O–H groups in total. The Labute approximate surface area is 170 Å². The van der Waals surface area contributed by atoms with Crippen LogP contribution in [-0.4, -0.2) is 29.1 Å². The van der Waals surface area contributed by atoms with E-state index in [1.807, 2.05) is 11.0 Å². The van der Waals surface area contributed by atoms with E-state index >= 15 is 0 Å². The van der Waals surface area contributed by atoms with Crippen molar-refractivity contribution in [2.24, 2.45) is 0 Å². The second-order valence-corrected chi connectivity index (χ2v) is 6.93. The number of rotatable bonds is 4. The summed E-state index contributed by atoms with van der Waals surface area (Å²) >= 11 is 0. The van der Waals surface area contributed by atoms with E-state index in [2.05, 4.69) is 9.97 Å². The Bertz CT molecular complexity index is 1180. The Hall–Kier alpha value is -3.59. The highest BCUT2D eigenvalue weighted by atomic mass is 19.1. The van der Waals surface area contributed by atoms with Crippen molar-refractivity contribution in [3.63, 3.8) is 0 Å². The Morgan fingerprint density at radius 2 is 1.67 bits per heavy atom. The van der Waals surface area contributed by atoms with E-state index in [9.17, 15) is 14.0 Å². The van der Waals surface area contributed by atoms with Crippen molar-refractivity contribution in [1.82, 2.24) is 14.9 Å². The zero-order chi connectivity index (χ0) is 21.3. The molecule has 0 amide bonds. The normalized spacial score (nSPS) is 13.4. The predicted octanol–water partition coefficient (Wildman–Crippen LogP) is 2.53. The van der Waals surface area contributed by atoms with Gasteiger partial charge in [0.1, 0.15) is 17.3 Å². The van der Waals surface area contributed by atoms with Gasteiger partial charge in [-0.05, 0) is 24.3 Å². The molecule has 0 unspecified atom stereocenters. The van der Waals surface area contributed by atoms with Gasteiger partial charge < -0.3 is 19.2 Å². The van der Waals surface area contributed by atoms with Crippen LogP contribution in [-0.2, 0) is 19.6 Å². The summed E-state index contributed by atoms with van der Waals surface area (Å²) in [5.41, 5.74) is 0.844. The molecule has 3 aromatic rings. The van der Waals surface area contributed by atoms with E-state index in [1.165, 1.54) is 25.3 Å². The highest BCUT2D eigenvalue weighted by Gasteiger charge is 2.22. The Kier molecular flexibility index (Phi) is 5.28. The molecule has 0 radical (unpaired) electrons. The van der Waals surface area contributed by atoms with Crippen molar-refractivity contribution < 1.29 is 18.6 Å². The van der Waals surface area contributed by atoms with E-state index in [1.54, 1.807) is 19.2 Å². The number of hydrogen-bond donors (Lipinski definition) is 2. The molecule has 156 valence electrons. The lowest BCUT2D eigenvalue weighted by atomic mass is 10.1. The largest absolute Gasteiger partial charge is 0.493 e. The molecule has 0 saturated carbocycles. The lowest BCUT2D eigenvalue weighted by Gasteiger charge is -2.28. The van der Waals surface area contributed by atoms with Crippen LogP contribution >= 0.6 is 0 Å². The minimum Gasteiger partial charge on any atom is -0.493 e. The second kappa shape index (κ2) is 8.03. The van der Waals surface area contributed by atoms with E-state index in [4.69, 9.17) is 14.2 Å². The molecule has 1 aliphatic heterocycles. The maximum atomic E-state index is 13.9. The summed E-state index contributed by atoms with van der Waals surface area (Å²) in [5.74, 6) is 1.73. The molecule has 2 aromatic carbocycles. The number of aromatic amines is 2. The van der Waals surface area contributed by atoms with Crippen LogP contribution in [0.25, 0.3) is 0 Å². The first-order valence-corrected chi connectivity index (χ1v) is 9.21. The first-order chi connectivity index (χ1) is 14.4. The molecule has 9 heteroatoms. The van der Waals surface area contributed by atoms with Crippen molar-refractivity contribution in [2.75, 3.05) is 14.2 Å². The summed E-state index contributed by atoms with van der Waals surface area (Å²) in [6.45, 7) is 1.01. The average Bonchev–Trinajstić information content (AvgIpc) is 2.68. The summed E-state index contributed by atoms with van der Waals surface area (Å²) in [6.07, 6.45) is 0. The minimum atomic E-state index is -0.578. The standard InChI is InChI=1S/C21H20FN3O5/c1-28-18-6-13-10-25(11-15-7-20(26)24-21(27)23-15)9-12-5-14(22)3-4-16(12)30-17(13)8-19(18)29-2/h3-8H,9-11H2,1-2H3,(H2,23,24,26,27). The molecule has 0 spiro atoms. The number of nitrogens with zero attached hydrogens (tertiary/aromatic N) is 1. The lowest BCUT2D eigenvalue weighted by Crippen LogP contribution is -2.29. The average molecular weight is 413 g/mol. The van der Waals surface area contributed by atoms with E-state index in [0.717, 1.165) is 5.56 Å². The lowest BCUT2D eigenvalue weighted by molar-refractivity contribution is 0.231. The van der Waals surface area contributed by atoms with Crippen LogP contribution in [0.4, 0.5) is 4.39 Å². The summed E-state index contributed by atoms with van der Waals surface area (Å²) in [7, 11) is 3.08. The molecule has 0 bridgehead atoms. The fourth-order valence-electron chi connectivity index (χ4n) is 3.51. The van der Waals surface area contributed by atoms with Gasteiger partial charge in [-0.25, -0.2) is 9.18 Å². The molecule has 1 aliphatic rings. The molecule has 2 heterocycles. The summed E-state index contributed by atoms with van der Waals surface area (Å²) < 4.78 is 30.7. The third-order valence-corrected chi connectivity index (χ3v) is 4.81. The summed E-state index contributed by atoms with van der Waals surface area (Å²) in [6, 6.07) is 9.19. The molecule has 0 fully saturated rings. The van der Waals surface area contributed by atoms with Gasteiger partial charge in [-0.2, -0.15) is 0 Å². The predicted molar refractivity (Wildman–Crippen MR) is 107 cm³/mol.